The van der Waals surface area contributed by atoms with E-state index in [4.69, 9.17) is 18.6 Å². The predicted molar refractivity (Wildman–Crippen MR) is 90.3 cm³/mol. The van der Waals surface area contributed by atoms with Gasteiger partial charge in [-0.05, 0) is 19.1 Å². The van der Waals surface area contributed by atoms with Crippen molar-refractivity contribution in [1.29, 1.82) is 0 Å². The summed E-state index contributed by atoms with van der Waals surface area (Å²) in [5, 5.41) is 0. The standard InChI is InChI=1S/C17H17NO7S/c1-11-6-12(7-17(19)24-11)25-13-9-18(10-13)26(20,21)14-2-3-15-16(8-14)23-5-4-22-15/h2-3,6-8,13H,4-5,9-10H2,1H3. The van der Waals surface area contributed by atoms with Crippen LogP contribution in [-0.4, -0.2) is 45.1 Å². The summed E-state index contributed by atoms with van der Waals surface area (Å²) in [6.45, 7) is 2.89. The average Bonchev–Trinajstić information content (AvgIpc) is 2.56. The molecular weight excluding hydrogens is 362 g/mol. The maximum Gasteiger partial charge on any atom is 0.339 e. The van der Waals surface area contributed by atoms with Gasteiger partial charge in [-0.1, -0.05) is 0 Å². The van der Waals surface area contributed by atoms with E-state index in [-0.39, 0.29) is 24.1 Å². The summed E-state index contributed by atoms with van der Waals surface area (Å²) in [6, 6.07) is 7.41. The molecule has 8 nitrogen and oxygen atoms in total. The van der Waals surface area contributed by atoms with Gasteiger partial charge < -0.3 is 18.6 Å². The van der Waals surface area contributed by atoms with Gasteiger partial charge >= 0.3 is 5.63 Å². The van der Waals surface area contributed by atoms with Crippen LogP contribution in [0, 0.1) is 6.92 Å². The maximum absolute atomic E-state index is 12.7. The molecule has 0 bridgehead atoms. The Hall–Kier alpha value is -2.52. The largest absolute Gasteiger partial charge is 0.487 e. The van der Waals surface area contributed by atoms with Crippen LogP contribution in [0.15, 0.2) is 44.4 Å². The summed E-state index contributed by atoms with van der Waals surface area (Å²) in [5.41, 5.74) is -0.500. The van der Waals surface area contributed by atoms with E-state index in [1.807, 2.05) is 0 Å². The van der Waals surface area contributed by atoms with Crippen LogP contribution in [0.1, 0.15) is 5.76 Å². The SMILES string of the molecule is Cc1cc(OC2CN(S(=O)(=O)c3ccc4c(c3)OCCO4)C2)cc(=O)o1. The molecular formula is C17H17NO7S. The Kier molecular flexibility index (Phi) is 4.12. The molecule has 4 rings (SSSR count). The Morgan fingerprint density at radius 3 is 2.54 bits per heavy atom. The molecule has 0 N–H and O–H groups in total. The van der Waals surface area contributed by atoms with E-state index in [0.29, 0.717) is 36.2 Å². The highest BCUT2D eigenvalue weighted by atomic mass is 32.2. The first-order valence-corrected chi connectivity index (χ1v) is 9.54. The lowest BCUT2D eigenvalue weighted by molar-refractivity contribution is 0.0754. The van der Waals surface area contributed by atoms with Crippen LogP contribution >= 0.6 is 0 Å². The van der Waals surface area contributed by atoms with E-state index >= 15 is 0 Å². The lowest BCUT2D eigenvalue weighted by Crippen LogP contribution is -2.56. The van der Waals surface area contributed by atoms with Crippen LogP contribution in [0.25, 0.3) is 0 Å². The van der Waals surface area contributed by atoms with E-state index in [1.54, 1.807) is 19.1 Å². The van der Waals surface area contributed by atoms with Crippen LogP contribution < -0.4 is 19.8 Å². The van der Waals surface area contributed by atoms with Crippen molar-refractivity contribution in [3.05, 3.63) is 46.5 Å². The van der Waals surface area contributed by atoms with Gasteiger partial charge in [0, 0.05) is 12.1 Å². The Labute approximate surface area is 149 Å². The number of aryl methyl sites for hydroxylation is 1. The second-order valence-corrected chi connectivity index (χ2v) is 8.03. The van der Waals surface area contributed by atoms with Crippen molar-refractivity contribution in [3.63, 3.8) is 0 Å². The molecule has 2 aliphatic rings. The lowest BCUT2D eigenvalue weighted by atomic mass is 10.2. The number of ether oxygens (including phenoxy) is 3. The zero-order valence-electron chi connectivity index (χ0n) is 14.0. The first-order chi connectivity index (χ1) is 12.4. The van der Waals surface area contributed by atoms with Crippen LogP contribution in [0.4, 0.5) is 0 Å². The number of fused-ring (bicyclic) bond motifs is 1. The number of sulfonamides is 1. The molecule has 2 aliphatic heterocycles. The van der Waals surface area contributed by atoms with Gasteiger partial charge in [-0.2, -0.15) is 4.31 Å². The van der Waals surface area contributed by atoms with Crippen molar-refractivity contribution >= 4 is 10.0 Å². The molecule has 0 saturated carbocycles. The van der Waals surface area contributed by atoms with Crippen molar-refractivity contribution in [2.24, 2.45) is 0 Å². The van der Waals surface area contributed by atoms with Gasteiger partial charge in [0.1, 0.15) is 30.8 Å². The molecule has 2 aromatic rings. The Balaban J connectivity index is 1.45. The van der Waals surface area contributed by atoms with Gasteiger partial charge in [0.15, 0.2) is 11.5 Å². The molecule has 0 amide bonds. The van der Waals surface area contributed by atoms with E-state index in [9.17, 15) is 13.2 Å². The molecule has 0 radical (unpaired) electrons. The van der Waals surface area contributed by atoms with Gasteiger partial charge in [0.25, 0.3) is 0 Å². The molecule has 0 unspecified atom stereocenters. The molecule has 1 saturated heterocycles. The van der Waals surface area contributed by atoms with Crippen LogP contribution in [0.3, 0.4) is 0 Å². The fourth-order valence-corrected chi connectivity index (χ4v) is 4.36. The van der Waals surface area contributed by atoms with Gasteiger partial charge in [-0.15, -0.1) is 0 Å². The molecule has 1 aromatic carbocycles. The van der Waals surface area contributed by atoms with E-state index in [1.165, 1.54) is 22.5 Å². The predicted octanol–water partition coefficient (Wildman–Crippen LogP) is 1.17. The number of rotatable bonds is 4. The Morgan fingerprint density at radius 1 is 1.08 bits per heavy atom. The minimum Gasteiger partial charge on any atom is -0.487 e. The van der Waals surface area contributed by atoms with E-state index < -0.39 is 15.6 Å². The molecule has 1 fully saturated rings. The minimum atomic E-state index is -3.64. The third kappa shape index (κ3) is 3.15. The summed E-state index contributed by atoms with van der Waals surface area (Å²) in [6.07, 6.45) is -0.316. The summed E-state index contributed by atoms with van der Waals surface area (Å²) in [4.78, 5) is 11.5. The highest BCUT2D eigenvalue weighted by molar-refractivity contribution is 7.89. The molecule has 3 heterocycles. The quantitative estimate of drug-likeness (QED) is 0.787. The number of hydrogen-bond acceptors (Lipinski definition) is 7. The summed E-state index contributed by atoms with van der Waals surface area (Å²) in [7, 11) is -3.64. The molecule has 138 valence electrons. The zero-order chi connectivity index (χ0) is 18.3. The van der Waals surface area contributed by atoms with E-state index in [0.717, 1.165) is 0 Å². The molecule has 26 heavy (non-hydrogen) atoms. The van der Waals surface area contributed by atoms with Gasteiger partial charge in [0.2, 0.25) is 10.0 Å². The summed E-state index contributed by atoms with van der Waals surface area (Å²) < 4.78 is 48.1. The zero-order valence-corrected chi connectivity index (χ0v) is 14.8. The smallest absolute Gasteiger partial charge is 0.339 e. The number of nitrogens with zero attached hydrogens (tertiary/aromatic N) is 1. The highest BCUT2D eigenvalue weighted by Gasteiger charge is 2.38. The van der Waals surface area contributed by atoms with Gasteiger partial charge in [-0.25, -0.2) is 13.2 Å². The molecule has 0 aliphatic carbocycles. The Bertz CT molecular complexity index is 992. The van der Waals surface area contributed by atoms with Crippen molar-refractivity contribution in [3.8, 4) is 17.2 Å². The minimum absolute atomic E-state index is 0.149. The third-order valence-corrected chi connectivity index (χ3v) is 5.96. The van der Waals surface area contributed by atoms with E-state index in [2.05, 4.69) is 0 Å². The number of hydrogen-bond donors (Lipinski definition) is 0. The summed E-state index contributed by atoms with van der Waals surface area (Å²) >= 11 is 0. The Morgan fingerprint density at radius 2 is 1.81 bits per heavy atom. The lowest BCUT2D eigenvalue weighted by Gasteiger charge is -2.37. The van der Waals surface area contributed by atoms with Crippen LogP contribution in [0.5, 0.6) is 17.2 Å². The monoisotopic (exact) mass is 379 g/mol. The molecule has 0 spiro atoms. The highest BCUT2D eigenvalue weighted by Crippen LogP contribution is 2.34. The first kappa shape index (κ1) is 16.9. The second-order valence-electron chi connectivity index (χ2n) is 6.09. The van der Waals surface area contributed by atoms with Gasteiger partial charge in [0.05, 0.1) is 24.1 Å². The van der Waals surface area contributed by atoms with Crippen molar-refractivity contribution in [2.75, 3.05) is 26.3 Å². The normalized spacial score (nSPS) is 17.6. The van der Waals surface area contributed by atoms with Gasteiger partial charge in [-0.3, -0.25) is 0 Å². The van der Waals surface area contributed by atoms with Crippen molar-refractivity contribution < 1.29 is 27.0 Å². The summed E-state index contributed by atoms with van der Waals surface area (Å²) in [5.74, 6) is 1.78. The second kappa shape index (κ2) is 6.33. The molecule has 0 atom stereocenters. The molecule has 1 aromatic heterocycles. The van der Waals surface area contributed by atoms with Crippen molar-refractivity contribution in [1.82, 2.24) is 4.31 Å². The topological polar surface area (TPSA) is 95.3 Å². The maximum atomic E-state index is 12.7. The third-order valence-electron chi connectivity index (χ3n) is 4.14. The van der Waals surface area contributed by atoms with Crippen molar-refractivity contribution in [2.45, 2.75) is 17.9 Å². The fraction of sp³-hybridized carbons (Fsp3) is 0.353. The fourth-order valence-electron chi connectivity index (χ4n) is 2.84. The molecule has 9 heteroatoms. The number of benzene rings is 1. The van der Waals surface area contributed by atoms with Crippen LogP contribution in [0.2, 0.25) is 0 Å². The first-order valence-electron chi connectivity index (χ1n) is 8.10. The van der Waals surface area contributed by atoms with Crippen LogP contribution in [-0.2, 0) is 10.0 Å². The average molecular weight is 379 g/mol.